The maximum absolute atomic E-state index is 11.9. The molecule has 2 unspecified atom stereocenters. The maximum Gasteiger partial charge on any atom is 0.328 e. The second-order valence-electron chi connectivity index (χ2n) is 5.10. The number of carboxylic acids is 2. The van der Waals surface area contributed by atoms with Crippen LogP contribution in [0.15, 0.2) is 4.52 Å². The van der Waals surface area contributed by atoms with E-state index in [9.17, 15) is 19.5 Å². The van der Waals surface area contributed by atoms with Gasteiger partial charge in [0, 0.05) is 0 Å². The molecule has 1 aromatic heterocycles. The minimum atomic E-state index is -1.61. The Balaban J connectivity index is 2.89. The molecular formula is C12H19N5O8. The van der Waals surface area contributed by atoms with Crippen molar-refractivity contribution in [2.45, 2.75) is 37.6 Å². The summed E-state index contributed by atoms with van der Waals surface area (Å²) in [7, 11) is 0. The fourth-order valence-electron chi connectivity index (χ4n) is 1.73. The number of rotatable bonds is 9. The van der Waals surface area contributed by atoms with E-state index in [0.717, 1.165) is 6.92 Å². The Labute approximate surface area is 140 Å². The van der Waals surface area contributed by atoms with Gasteiger partial charge in [-0.2, -0.15) is 4.98 Å². The second kappa shape index (κ2) is 8.91. The van der Waals surface area contributed by atoms with Gasteiger partial charge in [-0.25, -0.2) is 9.59 Å². The topological polar surface area (TPSA) is 221 Å². The van der Waals surface area contributed by atoms with Crippen molar-refractivity contribution < 1.29 is 39.3 Å². The number of nitrogens with zero attached hydrogens (tertiary/aromatic N) is 2. The van der Waals surface area contributed by atoms with Crippen LogP contribution in [0.3, 0.4) is 0 Å². The minimum Gasteiger partial charge on any atom is -0.481 e. The smallest absolute Gasteiger partial charge is 0.328 e. The molecule has 0 spiro atoms. The Kier molecular flexibility index (Phi) is 7.22. The molecule has 13 nitrogen and oxygen atoms in total. The molecule has 1 heterocycles. The summed E-state index contributed by atoms with van der Waals surface area (Å²) >= 11 is 0. The zero-order valence-corrected chi connectivity index (χ0v) is 13.1. The van der Waals surface area contributed by atoms with Crippen LogP contribution in [-0.4, -0.2) is 67.3 Å². The molecule has 8 N–H and O–H groups in total. The van der Waals surface area contributed by atoms with Crippen molar-refractivity contribution in [1.82, 2.24) is 20.8 Å². The minimum absolute atomic E-state index is 0.0949. The average Bonchev–Trinajstić information content (AvgIpc) is 3.00. The van der Waals surface area contributed by atoms with Gasteiger partial charge < -0.3 is 41.3 Å². The van der Waals surface area contributed by atoms with E-state index in [2.05, 4.69) is 15.5 Å². The Hall–Kier alpha value is -2.77. The predicted molar refractivity (Wildman–Crippen MR) is 78.1 cm³/mol. The molecule has 4 atom stereocenters. The number of hydrogen-bond donors (Lipinski definition) is 7. The van der Waals surface area contributed by atoms with Gasteiger partial charge in [-0.1, -0.05) is 5.16 Å². The fraction of sp³-hybridized carbons (Fsp3) is 0.583. The number of carbonyl (C=O) groups is 3. The number of urea groups is 1. The summed E-state index contributed by atoms with van der Waals surface area (Å²) in [4.78, 5) is 37.6. The molecule has 1 rings (SSSR count). The van der Waals surface area contributed by atoms with E-state index >= 15 is 0 Å². The number of aliphatic hydroxyl groups is 2. The summed E-state index contributed by atoms with van der Waals surface area (Å²) in [6.45, 7) is 0.680. The molecule has 0 saturated heterocycles. The lowest BCUT2D eigenvalue weighted by atomic mass is 10.2. The van der Waals surface area contributed by atoms with Gasteiger partial charge in [0.1, 0.15) is 6.04 Å². The number of aliphatic carboxylic acids is 2. The van der Waals surface area contributed by atoms with Crippen LogP contribution >= 0.6 is 0 Å². The number of carbonyl (C=O) groups excluding carboxylic acids is 1. The van der Waals surface area contributed by atoms with E-state index in [-0.39, 0.29) is 11.7 Å². The lowest BCUT2D eigenvalue weighted by molar-refractivity contribution is -0.142. The Morgan fingerprint density at radius 1 is 1.28 bits per heavy atom. The number of aromatic nitrogens is 2. The number of nitrogens with two attached hydrogens (primary N) is 1. The quantitative estimate of drug-likeness (QED) is 0.248. The van der Waals surface area contributed by atoms with E-state index < -0.39 is 55.2 Å². The molecule has 0 saturated carbocycles. The molecule has 140 valence electrons. The number of nitrogens with one attached hydrogen (secondary N) is 2. The summed E-state index contributed by atoms with van der Waals surface area (Å²) < 4.78 is 4.83. The maximum atomic E-state index is 11.9. The van der Waals surface area contributed by atoms with Crippen molar-refractivity contribution in [3.8, 4) is 0 Å². The van der Waals surface area contributed by atoms with Crippen molar-refractivity contribution in [2.75, 3.05) is 6.61 Å². The van der Waals surface area contributed by atoms with Gasteiger partial charge in [0.15, 0.2) is 11.9 Å². The number of amides is 2. The fourth-order valence-corrected chi connectivity index (χ4v) is 1.73. The Morgan fingerprint density at radius 2 is 1.92 bits per heavy atom. The van der Waals surface area contributed by atoms with Crippen molar-refractivity contribution in [3.63, 3.8) is 0 Å². The summed E-state index contributed by atoms with van der Waals surface area (Å²) in [6, 6.07) is -4.91. The summed E-state index contributed by atoms with van der Waals surface area (Å²) in [5.74, 6) is -3.17. The summed E-state index contributed by atoms with van der Waals surface area (Å²) in [5.41, 5.74) is 5.50. The highest BCUT2D eigenvalue weighted by Crippen LogP contribution is 2.17. The zero-order chi connectivity index (χ0) is 19.1. The van der Waals surface area contributed by atoms with Crippen LogP contribution in [0.4, 0.5) is 4.79 Å². The third kappa shape index (κ3) is 5.98. The SMILES string of the molecule is CC(O)C(NC(=O)N[C@@H](CC(=O)O)c1nc([C@@H](N)CO)no1)C(=O)O. The molecular weight excluding hydrogens is 342 g/mol. The van der Waals surface area contributed by atoms with Gasteiger partial charge in [0.05, 0.1) is 25.2 Å². The third-order valence-electron chi connectivity index (χ3n) is 3.00. The first-order chi connectivity index (χ1) is 11.6. The molecule has 0 radical (unpaired) electrons. The van der Waals surface area contributed by atoms with Crippen LogP contribution in [0, 0.1) is 0 Å². The van der Waals surface area contributed by atoms with Gasteiger partial charge in [0.2, 0.25) is 5.89 Å². The van der Waals surface area contributed by atoms with Gasteiger partial charge in [0.25, 0.3) is 0 Å². The van der Waals surface area contributed by atoms with E-state index in [0.29, 0.717) is 0 Å². The first kappa shape index (κ1) is 20.3. The van der Waals surface area contributed by atoms with Crippen molar-refractivity contribution in [3.05, 3.63) is 11.7 Å². The highest BCUT2D eigenvalue weighted by atomic mass is 16.5. The van der Waals surface area contributed by atoms with E-state index in [1.54, 1.807) is 0 Å². The molecule has 0 aliphatic rings. The van der Waals surface area contributed by atoms with Gasteiger partial charge in [-0.05, 0) is 6.92 Å². The molecule has 0 bridgehead atoms. The number of aliphatic hydroxyl groups excluding tert-OH is 2. The van der Waals surface area contributed by atoms with Crippen molar-refractivity contribution in [1.29, 1.82) is 0 Å². The van der Waals surface area contributed by atoms with Crippen LogP contribution in [0.1, 0.15) is 37.1 Å². The molecule has 1 aromatic rings. The first-order valence-electron chi connectivity index (χ1n) is 7.05. The van der Waals surface area contributed by atoms with Gasteiger partial charge in [-0.15, -0.1) is 0 Å². The number of carboxylic acid groups (broad SMARTS) is 2. The highest BCUT2D eigenvalue weighted by Gasteiger charge is 2.29. The lowest BCUT2D eigenvalue weighted by Gasteiger charge is -2.19. The molecule has 0 aromatic carbocycles. The monoisotopic (exact) mass is 361 g/mol. The standard InChI is InChI=1S/C12H19N5O8/c1-4(19)8(11(22)23)15-12(24)14-6(2-7(20)21)10-16-9(17-25-10)5(13)3-18/h4-6,8,18-19H,2-3,13H2,1H3,(H,20,21)(H,22,23)(H2,14,15,24)/t4?,5-,6-,8?/m0/s1. The highest BCUT2D eigenvalue weighted by molar-refractivity contribution is 5.83. The van der Waals surface area contributed by atoms with Crippen molar-refractivity contribution in [2.24, 2.45) is 5.73 Å². The van der Waals surface area contributed by atoms with E-state index in [1.165, 1.54) is 0 Å². The largest absolute Gasteiger partial charge is 0.481 e. The zero-order valence-electron chi connectivity index (χ0n) is 13.1. The summed E-state index contributed by atoms with van der Waals surface area (Å²) in [5, 5.41) is 43.7. The molecule has 13 heteroatoms. The van der Waals surface area contributed by atoms with Crippen molar-refractivity contribution >= 4 is 18.0 Å². The Bertz CT molecular complexity index is 618. The van der Waals surface area contributed by atoms with Crippen LogP contribution in [0.25, 0.3) is 0 Å². The van der Waals surface area contributed by atoms with Gasteiger partial charge >= 0.3 is 18.0 Å². The summed E-state index contributed by atoms with van der Waals surface area (Å²) in [6.07, 6.45) is -2.03. The normalized spacial score (nSPS) is 15.7. The molecule has 2 amide bonds. The number of hydrogen-bond acceptors (Lipinski definition) is 9. The van der Waals surface area contributed by atoms with Crippen LogP contribution in [0.2, 0.25) is 0 Å². The second-order valence-corrected chi connectivity index (χ2v) is 5.10. The molecule has 0 fully saturated rings. The predicted octanol–water partition coefficient (Wildman–Crippen LogP) is -2.29. The molecule has 25 heavy (non-hydrogen) atoms. The molecule has 0 aliphatic heterocycles. The Morgan fingerprint density at radius 3 is 2.40 bits per heavy atom. The first-order valence-corrected chi connectivity index (χ1v) is 7.05. The third-order valence-corrected chi connectivity index (χ3v) is 3.00. The van der Waals surface area contributed by atoms with Crippen LogP contribution < -0.4 is 16.4 Å². The van der Waals surface area contributed by atoms with E-state index in [1.807, 2.05) is 5.32 Å². The molecule has 0 aliphatic carbocycles. The average molecular weight is 361 g/mol. The van der Waals surface area contributed by atoms with Gasteiger partial charge in [-0.3, -0.25) is 4.79 Å². The van der Waals surface area contributed by atoms with Crippen LogP contribution in [-0.2, 0) is 9.59 Å². The lowest BCUT2D eigenvalue weighted by Crippen LogP contribution is -2.51. The van der Waals surface area contributed by atoms with Crippen LogP contribution in [0.5, 0.6) is 0 Å². The van der Waals surface area contributed by atoms with E-state index in [4.69, 9.17) is 25.6 Å².